The van der Waals surface area contributed by atoms with E-state index in [1.165, 1.54) is 12.1 Å². The van der Waals surface area contributed by atoms with Gasteiger partial charge >= 0.3 is 0 Å². The van der Waals surface area contributed by atoms with Crippen molar-refractivity contribution in [3.63, 3.8) is 0 Å². The molecule has 0 amide bonds. The number of piperidine rings is 1. The molecular weight excluding hydrogens is 275 g/mol. The number of rotatable bonds is 2. The minimum Gasteiger partial charge on any atom is -0.316 e. The van der Waals surface area contributed by atoms with E-state index in [-0.39, 0.29) is 17.7 Å². The summed E-state index contributed by atoms with van der Waals surface area (Å²) < 4.78 is 40.6. The zero-order chi connectivity index (χ0) is 14.8. The molecule has 1 nitrogen and oxygen atoms in total. The van der Waals surface area contributed by atoms with Crippen LogP contribution in [-0.2, 0) is 0 Å². The second-order valence-corrected chi connectivity index (χ2v) is 5.40. The zero-order valence-corrected chi connectivity index (χ0v) is 11.5. The molecule has 0 saturated carbocycles. The maximum atomic E-state index is 14.0. The molecule has 1 heterocycles. The summed E-state index contributed by atoms with van der Waals surface area (Å²) in [7, 11) is 0. The first-order valence-corrected chi connectivity index (χ1v) is 7.07. The molecule has 1 saturated heterocycles. The van der Waals surface area contributed by atoms with Crippen molar-refractivity contribution >= 4 is 0 Å². The van der Waals surface area contributed by atoms with Crippen LogP contribution in [0.1, 0.15) is 29.4 Å². The van der Waals surface area contributed by atoms with Crippen LogP contribution < -0.4 is 5.32 Å². The molecule has 2 aromatic rings. The van der Waals surface area contributed by atoms with Crippen LogP contribution in [0.5, 0.6) is 0 Å². The summed E-state index contributed by atoms with van der Waals surface area (Å²) in [6.07, 6.45) is 0.768. The molecule has 0 aromatic heterocycles. The third-order valence-corrected chi connectivity index (χ3v) is 4.16. The second kappa shape index (κ2) is 5.90. The number of hydrogen-bond donors (Lipinski definition) is 1. The van der Waals surface area contributed by atoms with E-state index in [0.29, 0.717) is 12.1 Å². The molecule has 21 heavy (non-hydrogen) atoms. The van der Waals surface area contributed by atoms with Crippen molar-refractivity contribution in [2.24, 2.45) is 0 Å². The van der Waals surface area contributed by atoms with Gasteiger partial charge in [0.05, 0.1) is 0 Å². The minimum absolute atomic E-state index is 0.0155. The smallest absolute Gasteiger partial charge is 0.159 e. The Labute approximate surface area is 121 Å². The summed E-state index contributed by atoms with van der Waals surface area (Å²) in [5.41, 5.74) is 1.35. The maximum absolute atomic E-state index is 14.0. The average molecular weight is 291 g/mol. The number of hydrogen-bond acceptors (Lipinski definition) is 1. The van der Waals surface area contributed by atoms with Crippen molar-refractivity contribution < 1.29 is 13.2 Å². The lowest BCUT2D eigenvalue weighted by atomic mass is 9.77. The van der Waals surface area contributed by atoms with Gasteiger partial charge in [-0.2, -0.15) is 0 Å². The first-order valence-electron chi connectivity index (χ1n) is 7.07. The highest BCUT2D eigenvalue weighted by Crippen LogP contribution is 2.38. The Morgan fingerprint density at radius 1 is 0.857 bits per heavy atom. The highest BCUT2D eigenvalue weighted by Gasteiger charge is 2.29. The molecule has 1 N–H and O–H groups in total. The largest absolute Gasteiger partial charge is 0.316 e. The third kappa shape index (κ3) is 2.81. The molecular formula is C17H16F3N. The van der Waals surface area contributed by atoms with Gasteiger partial charge in [0, 0.05) is 12.5 Å². The standard InChI is InChI=1S/C17H16F3N/c18-15-4-2-1-3-13(15)14-10-21-8-7-12(14)11-5-6-16(19)17(20)9-11/h1-6,9,12,14,21H,7-8,10H2. The first kappa shape index (κ1) is 14.1. The summed E-state index contributed by atoms with van der Waals surface area (Å²) in [5, 5.41) is 3.25. The molecule has 1 fully saturated rings. The van der Waals surface area contributed by atoms with E-state index < -0.39 is 11.6 Å². The first-order chi connectivity index (χ1) is 10.2. The lowest BCUT2D eigenvalue weighted by Gasteiger charge is -2.33. The second-order valence-electron chi connectivity index (χ2n) is 5.40. The van der Waals surface area contributed by atoms with Gasteiger partial charge in [-0.1, -0.05) is 24.3 Å². The van der Waals surface area contributed by atoms with E-state index in [4.69, 9.17) is 0 Å². The summed E-state index contributed by atoms with van der Waals surface area (Å²) in [6, 6.07) is 10.6. The van der Waals surface area contributed by atoms with Crippen LogP contribution in [0.25, 0.3) is 0 Å². The van der Waals surface area contributed by atoms with Crippen molar-refractivity contribution in [3.8, 4) is 0 Å². The molecule has 1 aliphatic rings. The lowest BCUT2D eigenvalue weighted by Crippen LogP contribution is -2.34. The van der Waals surface area contributed by atoms with Crippen LogP contribution in [0.2, 0.25) is 0 Å². The van der Waals surface area contributed by atoms with Gasteiger partial charge in [0.15, 0.2) is 11.6 Å². The van der Waals surface area contributed by atoms with Gasteiger partial charge in [-0.25, -0.2) is 13.2 Å². The molecule has 0 aliphatic carbocycles. The summed E-state index contributed by atoms with van der Waals surface area (Å²) in [6.45, 7) is 1.42. The molecule has 3 rings (SSSR count). The van der Waals surface area contributed by atoms with E-state index in [9.17, 15) is 13.2 Å². The van der Waals surface area contributed by atoms with Gasteiger partial charge in [0.1, 0.15) is 5.82 Å². The Morgan fingerprint density at radius 3 is 2.43 bits per heavy atom. The lowest BCUT2D eigenvalue weighted by molar-refractivity contribution is 0.391. The topological polar surface area (TPSA) is 12.0 Å². The van der Waals surface area contributed by atoms with E-state index in [0.717, 1.165) is 24.6 Å². The Kier molecular flexibility index (Phi) is 3.97. The number of halogens is 3. The van der Waals surface area contributed by atoms with Gasteiger partial charge in [0.25, 0.3) is 0 Å². The zero-order valence-electron chi connectivity index (χ0n) is 11.5. The molecule has 110 valence electrons. The Morgan fingerprint density at radius 2 is 1.67 bits per heavy atom. The van der Waals surface area contributed by atoms with Crippen molar-refractivity contribution in [3.05, 3.63) is 71.0 Å². The van der Waals surface area contributed by atoms with Gasteiger partial charge in [0.2, 0.25) is 0 Å². The molecule has 2 atom stereocenters. The fourth-order valence-electron chi connectivity index (χ4n) is 3.10. The summed E-state index contributed by atoms with van der Waals surface area (Å²) >= 11 is 0. The predicted octanol–water partition coefficient (Wildman–Crippen LogP) is 3.96. The van der Waals surface area contributed by atoms with Crippen molar-refractivity contribution in [2.75, 3.05) is 13.1 Å². The molecule has 0 spiro atoms. The van der Waals surface area contributed by atoms with Crippen LogP contribution in [0, 0.1) is 17.5 Å². The van der Waals surface area contributed by atoms with Crippen molar-refractivity contribution in [2.45, 2.75) is 18.3 Å². The highest BCUT2D eigenvalue weighted by molar-refractivity contribution is 5.31. The summed E-state index contributed by atoms with van der Waals surface area (Å²) in [5.74, 6) is -2.05. The Hall–Kier alpha value is -1.81. The SMILES string of the molecule is Fc1ccc(C2CCNCC2c2ccccc2F)cc1F. The maximum Gasteiger partial charge on any atom is 0.159 e. The van der Waals surface area contributed by atoms with Crippen LogP contribution in [0.4, 0.5) is 13.2 Å². The minimum atomic E-state index is -0.852. The van der Waals surface area contributed by atoms with E-state index in [1.807, 2.05) is 0 Å². The van der Waals surface area contributed by atoms with Crippen LogP contribution >= 0.6 is 0 Å². The Bertz CT molecular complexity index is 642. The molecule has 2 aromatic carbocycles. The highest BCUT2D eigenvalue weighted by atomic mass is 19.2. The summed E-state index contributed by atoms with van der Waals surface area (Å²) in [4.78, 5) is 0. The number of nitrogens with one attached hydrogen (secondary N) is 1. The quantitative estimate of drug-likeness (QED) is 0.883. The molecule has 2 unspecified atom stereocenters. The van der Waals surface area contributed by atoms with Gasteiger partial charge in [-0.15, -0.1) is 0 Å². The normalized spacial score (nSPS) is 22.2. The third-order valence-electron chi connectivity index (χ3n) is 4.16. The van der Waals surface area contributed by atoms with E-state index in [1.54, 1.807) is 24.3 Å². The molecule has 1 aliphatic heterocycles. The molecule has 0 radical (unpaired) electrons. The van der Waals surface area contributed by atoms with Crippen molar-refractivity contribution in [1.82, 2.24) is 5.32 Å². The van der Waals surface area contributed by atoms with Gasteiger partial charge in [-0.3, -0.25) is 0 Å². The van der Waals surface area contributed by atoms with Crippen LogP contribution in [-0.4, -0.2) is 13.1 Å². The fourth-order valence-corrected chi connectivity index (χ4v) is 3.10. The van der Waals surface area contributed by atoms with E-state index in [2.05, 4.69) is 5.32 Å². The Balaban J connectivity index is 1.98. The van der Waals surface area contributed by atoms with Crippen molar-refractivity contribution in [1.29, 1.82) is 0 Å². The molecule has 0 bridgehead atoms. The number of benzene rings is 2. The fraction of sp³-hybridized carbons (Fsp3) is 0.294. The van der Waals surface area contributed by atoms with E-state index >= 15 is 0 Å². The average Bonchev–Trinajstić information content (AvgIpc) is 2.51. The monoisotopic (exact) mass is 291 g/mol. The van der Waals surface area contributed by atoms with Gasteiger partial charge in [-0.05, 0) is 48.2 Å². The van der Waals surface area contributed by atoms with Gasteiger partial charge < -0.3 is 5.32 Å². The van der Waals surface area contributed by atoms with Crippen LogP contribution in [0.15, 0.2) is 42.5 Å². The van der Waals surface area contributed by atoms with Crippen LogP contribution in [0.3, 0.4) is 0 Å². The predicted molar refractivity (Wildman–Crippen MR) is 75.7 cm³/mol. The molecule has 4 heteroatoms.